The number of hydrogen-bond donors (Lipinski definition) is 0. The average molecular weight is 691 g/mol. The van der Waals surface area contributed by atoms with Crippen molar-refractivity contribution >= 4 is 63.5 Å². The number of benzene rings is 6. The lowest BCUT2D eigenvalue weighted by atomic mass is 10.0. The van der Waals surface area contributed by atoms with Gasteiger partial charge < -0.3 is 4.57 Å². The maximum absolute atomic E-state index is 4.94. The number of rotatable bonds is 5. The fraction of sp³-hybridized carbons (Fsp3) is 0.0208. The number of para-hydroxylation sites is 2. The molecule has 0 saturated heterocycles. The van der Waals surface area contributed by atoms with Gasteiger partial charge in [0.2, 0.25) is 0 Å². The summed E-state index contributed by atoms with van der Waals surface area (Å²) in [4.78, 5) is 4.74. The molecule has 0 fully saturated rings. The van der Waals surface area contributed by atoms with E-state index in [4.69, 9.17) is 14.3 Å². The number of aliphatic imine (C=N–C) groups is 1. The topological polar surface area (TPSA) is 55.4 Å². The SMILES string of the molecule is C1=NCc2c1c1cc(-c3ccccc3-n3c4c(c5cc(-n6c7c(c8ccccc86)=CC=[N+]=7)ccc53)=CC=[N+]=4)ccc1n2-c1cccc(-c2ccccc2)c1. The minimum Gasteiger partial charge on any atom is -0.311 e. The molecule has 12 rings (SSSR count). The highest BCUT2D eigenvalue weighted by Gasteiger charge is 2.27. The first-order valence-electron chi connectivity index (χ1n) is 18.3. The van der Waals surface area contributed by atoms with Crippen LogP contribution < -0.4 is 30.7 Å². The Balaban J connectivity index is 1.03. The van der Waals surface area contributed by atoms with Gasteiger partial charge in [-0.3, -0.25) is 4.99 Å². The normalized spacial score (nSPS) is 13.3. The third kappa shape index (κ3) is 4.03. The Morgan fingerprint density at radius 3 is 2.09 bits per heavy atom. The monoisotopic (exact) mass is 690 g/mol. The molecule has 0 amide bonds. The largest absolute Gasteiger partial charge is 0.388 e. The molecular formula is C48H30N6+2. The lowest BCUT2D eigenvalue weighted by molar-refractivity contribution is 0.952. The molecule has 0 N–H and O–H groups in total. The van der Waals surface area contributed by atoms with Crippen molar-refractivity contribution in [2.24, 2.45) is 4.99 Å². The molecule has 54 heavy (non-hydrogen) atoms. The molecule has 6 heteroatoms. The standard InChI is InChI=1S/C48H30N6/c1-2-9-30(10-3-1)31-11-8-12-33(25-31)52-44-19-17-32(26-39(44)41-28-49-29-46(41)52)35-13-4-6-15-42(35)54-45-20-18-34(27-40(45)38-22-24-51-48(38)54)53-43-16-7-5-14-36(43)37-21-23-50-47(37)53/h1-28H,29H2/q+2. The summed E-state index contributed by atoms with van der Waals surface area (Å²) in [6.45, 7) is 0.662. The first-order valence-corrected chi connectivity index (χ1v) is 18.3. The van der Waals surface area contributed by atoms with Crippen molar-refractivity contribution in [3.8, 4) is 39.3 Å². The fourth-order valence-electron chi connectivity index (χ4n) is 8.86. The van der Waals surface area contributed by atoms with Crippen molar-refractivity contribution in [2.45, 2.75) is 6.54 Å². The van der Waals surface area contributed by atoms with E-state index in [9.17, 15) is 0 Å². The maximum atomic E-state index is 4.94. The molecule has 3 aromatic heterocycles. The molecule has 0 unspecified atom stereocenters. The van der Waals surface area contributed by atoms with Crippen molar-refractivity contribution in [3.05, 3.63) is 172 Å². The second-order valence-electron chi connectivity index (χ2n) is 14.1. The number of hydrogen-bond acceptors (Lipinski definition) is 1. The van der Waals surface area contributed by atoms with Crippen LogP contribution in [0.5, 0.6) is 0 Å². The van der Waals surface area contributed by atoms with Crippen LogP contribution in [0.1, 0.15) is 11.3 Å². The number of nitrogens with zero attached hydrogens (tertiary/aromatic N) is 6. The average Bonchev–Trinajstić information content (AvgIpc) is 4.08. The summed E-state index contributed by atoms with van der Waals surface area (Å²) in [5.74, 6) is 0. The van der Waals surface area contributed by atoms with Gasteiger partial charge in [0, 0.05) is 51.3 Å². The van der Waals surface area contributed by atoms with Crippen molar-refractivity contribution in [1.82, 2.24) is 23.0 Å². The Kier molecular flexibility index (Phi) is 5.94. The summed E-state index contributed by atoms with van der Waals surface area (Å²) >= 11 is 0. The summed E-state index contributed by atoms with van der Waals surface area (Å²) in [6.07, 6.45) is 10.1. The predicted octanol–water partition coefficient (Wildman–Crippen LogP) is 5.89. The van der Waals surface area contributed by atoms with Crippen LogP contribution in [0.3, 0.4) is 0 Å². The summed E-state index contributed by atoms with van der Waals surface area (Å²) in [5, 5.41) is 5.87. The minimum atomic E-state index is 0.662. The van der Waals surface area contributed by atoms with Crippen LogP contribution in [0, 0.1) is 0 Å². The Labute approximate surface area is 308 Å². The molecule has 3 aliphatic rings. The second kappa shape index (κ2) is 11.0. The van der Waals surface area contributed by atoms with Crippen molar-refractivity contribution < 1.29 is 0 Å². The van der Waals surface area contributed by atoms with Crippen LogP contribution in [-0.4, -0.2) is 32.3 Å². The molecule has 3 aliphatic heterocycles. The summed E-state index contributed by atoms with van der Waals surface area (Å²) < 4.78 is 16.7. The third-order valence-corrected chi connectivity index (χ3v) is 11.2. The summed E-state index contributed by atoms with van der Waals surface area (Å²) in [5.41, 5.74) is 15.8. The molecule has 0 aliphatic carbocycles. The van der Waals surface area contributed by atoms with Crippen LogP contribution in [0.4, 0.5) is 0 Å². The van der Waals surface area contributed by atoms with Crippen LogP contribution >= 0.6 is 0 Å². The van der Waals surface area contributed by atoms with Crippen LogP contribution in [0.15, 0.2) is 145 Å². The van der Waals surface area contributed by atoms with Crippen molar-refractivity contribution in [3.63, 3.8) is 0 Å². The van der Waals surface area contributed by atoms with Crippen molar-refractivity contribution in [1.29, 1.82) is 0 Å². The second-order valence-corrected chi connectivity index (χ2v) is 14.1. The highest BCUT2D eigenvalue weighted by atomic mass is 15.0. The molecular weight excluding hydrogens is 661 g/mol. The lowest BCUT2D eigenvalue weighted by Gasteiger charge is -2.12. The first kappa shape index (κ1) is 29.1. The molecule has 6 aromatic carbocycles. The molecule has 250 valence electrons. The Bertz CT molecular complexity index is 3490. The quantitative estimate of drug-likeness (QED) is 0.203. The summed E-state index contributed by atoms with van der Waals surface area (Å²) in [7, 11) is 0. The maximum Gasteiger partial charge on any atom is 0.388 e. The van der Waals surface area contributed by atoms with Gasteiger partial charge in [-0.25, -0.2) is 9.34 Å². The molecule has 6 heterocycles. The molecule has 0 spiro atoms. The van der Waals surface area contributed by atoms with Gasteiger partial charge in [-0.05, 0) is 77.4 Å². The van der Waals surface area contributed by atoms with Gasteiger partial charge in [-0.15, -0.1) is 0 Å². The van der Waals surface area contributed by atoms with Crippen LogP contribution in [0.25, 0.3) is 84.2 Å². The van der Waals surface area contributed by atoms with E-state index in [1.807, 2.05) is 18.6 Å². The number of aromatic nitrogens is 3. The zero-order valence-corrected chi connectivity index (χ0v) is 29.1. The van der Waals surface area contributed by atoms with Gasteiger partial charge in [0.15, 0.2) is 12.4 Å². The zero-order chi connectivity index (χ0) is 35.3. The zero-order valence-electron chi connectivity index (χ0n) is 29.1. The van der Waals surface area contributed by atoms with E-state index in [-0.39, 0.29) is 0 Å². The lowest BCUT2D eigenvalue weighted by Crippen LogP contribution is -2.29. The highest BCUT2D eigenvalue weighted by Crippen LogP contribution is 2.37. The first-order chi connectivity index (χ1) is 26.8. The fourth-order valence-corrected chi connectivity index (χ4v) is 8.86. The third-order valence-electron chi connectivity index (χ3n) is 11.2. The van der Waals surface area contributed by atoms with Crippen LogP contribution in [-0.2, 0) is 6.54 Å². The van der Waals surface area contributed by atoms with Gasteiger partial charge in [-0.2, -0.15) is 9.13 Å². The Morgan fingerprint density at radius 1 is 0.481 bits per heavy atom. The predicted molar refractivity (Wildman–Crippen MR) is 221 cm³/mol. The van der Waals surface area contributed by atoms with Crippen molar-refractivity contribution in [2.75, 3.05) is 0 Å². The molecule has 6 nitrogen and oxygen atoms in total. The minimum absolute atomic E-state index is 0.662. The Hall–Kier alpha value is -7.49. The van der Waals surface area contributed by atoms with E-state index in [1.165, 1.54) is 43.9 Å². The summed E-state index contributed by atoms with van der Waals surface area (Å²) in [6, 6.07) is 50.3. The van der Waals surface area contributed by atoms with Gasteiger partial charge in [0.1, 0.15) is 22.4 Å². The van der Waals surface area contributed by atoms with Gasteiger partial charge in [0.25, 0.3) is 0 Å². The number of fused-ring (bicyclic) bond motifs is 9. The highest BCUT2D eigenvalue weighted by molar-refractivity contribution is 6.05. The van der Waals surface area contributed by atoms with E-state index >= 15 is 0 Å². The van der Waals surface area contributed by atoms with Gasteiger partial charge in [0.05, 0.1) is 28.2 Å². The molecule has 0 atom stereocenters. The molecule has 0 saturated carbocycles. The van der Waals surface area contributed by atoms with E-state index in [0.29, 0.717) is 6.54 Å². The van der Waals surface area contributed by atoms with E-state index in [0.717, 1.165) is 60.8 Å². The molecule has 0 bridgehead atoms. The van der Waals surface area contributed by atoms with E-state index in [1.54, 1.807) is 0 Å². The van der Waals surface area contributed by atoms with Crippen LogP contribution in [0.2, 0.25) is 0 Å². The van der Waals surface area contributed by atoms with E-state index in [2.05, 4.69) is 165 Å². The molecule has 9 aromatic rings. The molecule has 0 radical (unpaired) electrons. The smallest absolute Gasteiger partial charge is 0.311 e. The van der Waals surface area contributed by atoms with E-state index < -0.39 is 0 Å². The van der Waals surface area contributed by atoms with Gasteiger partial charge in [-0.1, -0.05) is 78.9 Å². The Morgan fingerprint density at radius 2 is 1.19 bits per heavy atom. The van der Waals surface area contributed by atoms with Gasteiger partial charge >= 0.3 is 11.0 Å².